The molecule has 2 N–H and O–H groups in total. The number of benzene rings is 1. The Bertz CT molecular complexity index is 663. The lowest BCUT2D eigenvalue weighted by Gasteiger charge is -2.07. The molecule has 0 aliphatic carbocycles. The maximum Gasteiger partial charge on any atom is 0.0682 e. The van der Waals surface area contributed by atoms with Crippen LogP contribution in [0.5, 0.6) is 0 Å². The number of hydrogen-bond donors (Lipinski definition) is 2. The van der Waals surface area contributed by atoms with Crippen LogP contribution >= 0.6 is 15.9 Å². The average molecular weight is 303 g/mol. The van der Waals surface area contributed by atoms with Crippen LogP contribution in [0.15, 0.2) is 47.2 Å². The smallest absolute Gasteiger partial charge is 0.0682 e. The van der Waals surface area contributed by atoms with Crippen LogP contribution in [-0.4, -0.2) is 15.2 Å². The van der Waals surface area contributed by atoms with Gasteiger partial charge in [-0.2, -0.15) is 5.10 Å². The standard InChI is InChI=1S/C13H11BrN4/c14-9-5-12(11-8-17-18-13(11)6-9)16-7-10-3-1-2-4-15-10/h1-6,8,16H,7H2,(H,17,18). The van der Waals surface area contributed by atoms with Crippen LogP contribution in [0.25, 0.3) is 10.9 Å². The molecule has 0 bridgehead atoms. The van der Waals surface area contributed by atoms with Gasteiger partial charge in [0.15, 0.2) is 0 Å². The molecule has 0 amide bonds. The summed E-state index contributed by atoms with van der Waals surface area (Å²) in [6.07, 6.45) is 3.62. The van der Waals surface area contributed by atoms with Gasteiger partial charge in [0.2, 0.25) is 0 Å². The van der Waals surface area contributed by atoms with E-state index in [0.717, 1.165) is 26.8 Å². The Balaban J connectivity index is 1.88. The Morgan fingerprint density at radius 3 is 3.06 bits per heavy atom. The number of nitrogens with zero attached hydrogens (tertiary/aromatic N) is 2. The van der Waals surface area contributed by atoms with Crippen molar-refractivity contribution in [1.82, 2.24) is 15.2 Å². The molecule has 0 radical (unpaired) electrons. The molecular weight excluding hydrogens is 292 g/mol. The molecule has 1 aromatic carbocycles. The van der Waals surface area contributed by atoms with Gasteiger partial charge in [0.1, 0.15) is 0 Å². The van der Waals surface area contributed by atoms with Gasteiger partial charge in [-0.15, -0.1) is 0 Å². The number of pyridine rings is 1. The molecule has 0 aliphatic rings. The number of rotatable bonds is 3. The zero-order valence-electron chi connectivity index (χ0n) is 9.52. The summed E-state index contributed by atoms with van der Waals surface area (Å²) in [6, 6.07) is 9.95. The minimum atomic E-state index is 0.692. The predicted molar refractivity (Wildman–Crippen MR) is 75.4 cm³/mol. The molecule has 0 atom stereocenters. The number of halogens is 1. The molecular formula is C13H11BrN4. The Labute approximate surface area is 113 Å². The third-order valence-corrected chi connectivity index (χ3v) is 3.17. The van der Waals surface area contributed by atoms with Crippen LogP contribution in [0, 0.1) is 0 Å². The molecule has 0 saturated carbocycles. The molecule has 2 heterocycles. The maximum absolute atomic E-state index is 4.29. The second-order valence-corrected chi connectivity index (χ2v) is 4.87. The van der Waals surface area contributed by atoms with Gasteiger partial charge < -0.3 is 5.32 Å². The first-order chi connectivity index (χ1) is 8.83. The monoisotopic (exact) mass is 302 g/mol. The van der Waals surface area contributed by atoms with Gasteiger partial charge >= 0.3 is 0 Å². The number of fused-ring (bicyclic) bond motifs is 1. The highest BCUT2D eigenvalue weighted by Gasteiger charge is 2.04. The zero-order chi connectivity index (χ0) is 12.4. The first kappa shape index (κ1) is 11.2. The molecule has 18 heavy (non-hydrogen) atoms. The second-order valence-electron chi connectivity index (χ2n) is 3.96. The largest absolute Gasteiger partial charge is 0.379 e. The highest BCUT2D eigenvalue weighted by Crippen LogP contribution is 2.26. The van der Waals surface area contributed by atoms with Crippen molar-refractivity contribution in [1.29, 1.82) is 0 Å². The third-order valence-electron chi connectivity index (χ3n) is 2.71. The fourth-order valence-corrected chi connectivity index (χ4v) is 2.31. The molecule has 3 aromatic rings. The lowest BCUT2D eigenvalue weighted by molar-refractivity contribution is 1.05. The quantitative estimate of drug-likeness (QED) is 0.780. The first-order valence-corrected chi connectivity index (χ1v) is 6.38. The normalized spacial score (nSPS) is 10.7. The highest BCUT2D eigenvalue weighted by atomic mass is 79.9. The molecule has 90 valence electrons. The van der Waals surface area contributed by atoms with Crippen LogP contribution in [-0.2, 0) is 6.54 Å². The minimum absolute atomic E-state index is 0.692. The van der Waals surface area contributed by atoms with Crippen LogP contribution in [0.1, 0.15) is 5.69 Å². The van der Waals surface area contributed by atoms with Gasteiger partial charge in [0.05, 0.1) is 24.0 Å². The van der Waals surface area contributed by atoms with E-state index in [9.17, 15) is 0 Å². The van der Waals surface area contributed by atoms with Crippen molar-refractivity contribution < 1.29 is 0 Å². The van der Waals surface area contributed by atoms with Gasteiger partial charge in [0.25, 0.3) is 0 Å². The third kappa shape index (κ3) is 2.22. The van der Waals surface area contributed by atoms with Gasteiger partial charge in [-0.05, 0) is 24.3 Å². The van der Waals surface area contributed by atoms with E-state index in [4.69, 9.17) is 0 Å². The molecule has 5 heteroatoms. The lowest BCUT2D eigenvalue weighted by atomic mass is 10.2. The van der Waals surface area contributed by atoms with Crippen LogP contribution in [0.4, 0.5) is 5.69 Å². The van der Waals surface area contributed by atoms with E-state index < -0.39 is 0 Å². The van der Waals surface area contributed by atoms with Crippen LogP contribution in [0.3, 0.4) is 0 Å². The van der Waals surface area contributed by atoms with Crippen molar-refractivity contribution in [3.05, 3.63) is 52.9 Å². The van der Waals surface area contributed by atoms with Crippen molar-refractivity contribution in [3.8, 4) is 0 Å². The minimum Gasteiger partial charge on any atom is -0.379 e. The fourth-order valence-electron chi connectivity index (χ4n) is 1.85. The fraction of sp³-hybridized carbons (Fsp3) is 0.0769. The summed E-state index contributed by atoms with van der Waals surface area (Å²) in [5.41, 5.74) is 3.06. The van der Waals surface area contributed by atoms with Crippen molar-refractivity contribution in [2.75, 3.05) is 5.32 Å². The van der Waals surface area contributed by atoms with E-state index in [1.54, 1.807) is 6.20 Å². The second kappa shape index (κ2) is 4.78. The number of aromatic nitrogens is 3. The summed E-state index contributed by atoms with van der Waals surface area (Å²) >= 11 is 3.49. The summed E-state index contributed by atoms with van der Waals surface area (Å²) in [7, 11) is 0. The van der Waals surface area contributed by atoms with E-state index in [1.165, 1.54) is 0 Å². The summed E-state index contributed by atoms with van der Waals surface area (Å²) in [5, 5.41) is 11.5. The van der Waals surface area contributed by atoms with Crippen LogP contribution < -0.4 is 5.32 Å². The molecule has 3 rings (SSSR count). The topological polar surface area (TPSA) is 53.6 Å². The van der Waals surface area contributed by atoms with E-state index >= 15 is 0 Å². The number of aromatic amines is 1. The molecule has 0 fully saturated rings. The van der Waals surface area contributed by atoms with Crippen molar-refractivity contribution in [3.63, 3.8) is 0 Å². The van der Waals surface area contributed by atoms with Gasteiger partial charge in [0, 0.05) is 21.7 Å². The highest BCUT2D eigenvalue weighted by molar-refractivity contribution is 9.10. The van der Waals surface area contributed by atoms with Crippen molar-refractivity contribution >= 4 is 32.5 Å². The van der Waals surface area contributed by atoms with Gasteiger partial charge in [-0.1, -0.05) is 22.0 Å². The van der Waals surface area contributed by atoms with E-state index in [2.05, 4.69) is 36.4 Å². The Hall–Kier alpha value is -1.88. The summed E-state index contributed by atoms with van der Waals surface area (Å²) in [5.74, 6) is 0. The van der Waals surface area contributed by atoms with Crippen molar-refractivity contribution in [2.45, 2.75) is 6.54 Å². The van der Waals surface area contributed by atoms with E-state index in [0.29, 0.717) is 6.54 Å². The molecule has 0 saturated heterocycles. The summed E-state index contributed by atoms with van der Waals surface area (Å²) in [4.78, 5) is 4.29. The summed E-state index contributed by atoms with van der Waals surface area (Å²) < 4.78 is 1.02. The Kier molecular flexibility index (Phi) is 2.98. The Morgan fingerprint density at radius 1 is 1.28 bits per heavy atom. The SMILES string of the molecule is Brc1cc(NCc2ccccn2)c2cn[nH]c2c1. The molecule has 0 spiro atoms. The Morgan fingerprint density at radius 2 is 2.22 bits per heavy atom. The number of hydrogen-bond acceptors (Lipinski definition) is 3. The summed E-state index contributed by atoms with van der Waals surface area (Å²) in [6.45, 7) is 0.692. The van der Waals surface area contributed by atoms with Gasteiger partial charge in [-0.3, -0.25) is 10.1 Å². The zero-order valence-corrected chi connectivity index (χ0v) is 11.1. The number of H-pyrrole nitrogens is 1. The molecule has 0 aliphatic heterocycles. The van der Waals surface area contributed by atoms with Crippen LogP contribution in [0.2, 0.25) is 0 Å². The number of nitrogens with one attached hydrogen (secondary N) is 2. The first-order valence-electron chi connectivity index (χ1n) is 5.59. The maximum atomic E-state index is 4.29. The lowest BCUT2D eigenvalue weighted by Crippen LogP contribution is -2.01. The molecule has 4 nitrogen and oxygen atoms in total. The number of anilines is 1. The molecule has 2 aromatic heterocycles. The molecule has 0 unspecified atom stereocenters. The van der Waals surface area contributed by atoms with Gasteiger partial charge in [-0.25, -0.2) is 0 Å². The predicted octanol–water partition coefficient (Wildman–Crippen LogP) is 3.33. The average Bonchev–Trinajstić information content (AvgIpc) is 2.85. The van der Waals surface area contributed by atoms with Crippen molar-refractivity contribution in [2.24, 2.45) is 0 Å². The van der Waals surface area contributed by atoms with E-state index in [1.807, 2.05) is 36.5 Å². The van der Waals surface area contributed by atoms with E-state index in [-0.39, 0.29) is 0 Å².